The van der Waals surface area contributed by atoms with Crippen LogP contribution in [0.25, 0.3) is 0 Å². The molecule has 2 rings (SSSR count). The lowest BCUT2D eigenvalue weighted by Gasteiger charge is -2.38. The zero-order chi connectivity index (χ0) is 10.9. The number of rotatable bonds is 4. The number of nitrogens with two attached hydrogens (primary N) is 1. The van der Waals surface area contributed by atoms with E-state index in [4.69, 9.17) is 5.73 Å². The molecule has 0 radical (unpaired) electrons. The monoisotopic (exact) mass is 210 g/mol. The Kier molecular flexibility index (Phi) is 3.09. The van der Waals surface area contributed by atoms with Crippen LogP contribution in [0.2, 0.25) is 0 Å². The van der Waals surface area contributed by atoms with Gasteiger partial charge in [-0.05, 0) is 45.4 Å². The summed E-state index contributed by atoms with van der Waals surface area (Å²) in [5.74, 6) is 0.775. The van der Waals surface area contributed by atoms with Crippen molar-refractivity contribution in [2.24, 2.45) is 11.7 Å². The molecule has 1 atom stereocenters. The topological polar surface area (TPSA) is 38.0 Å². The molecule has 0 aliphatic heterocycles. The number of hydrogen-bond donors (Lipinski definition) is 2. The molecule has 0 heterocycles. The molecular formula is C13H26N2. The maximum atomic E-state index is 6.34. The largest absolute Gasteiger partial charge is 0.324 e. The molecule has 2 heteroatoms. The smallest absolute Gasteiger partial charge is 0.0280 e. The third-order valence-electron chi connectivity index (χ3n) is 4.36. The molecule has 0 aromatic heterocycles. The molecule has 0 amide bonds. The molecule has 0 aromatic carbocycles. The predicted molar refractivity (Wildman–Crippen MR) is 64.8 cm³/mol. The van der Waals surface area contributed by atoms with E-state index in [0.29, 0.717) is 5.54 Å². The average Bonchev–Trinajstić information content (AvgIpc) is 3.00. The van der Waals surface area contributed by atoms with E-state index in [1.165, 1.54) is 44.9 Å². The minimum atomic E-state index is 0.0282. The van der Waals surface area contributed by atoms with E-state index in [1.807, 2.05) is 0 Å². The Hall–Kier alpha value is -0.0800. The maximum Gasteiger partial charge on any atom is 0.0280 e. The molecule has 2 saturated carbocycles. The SMILES string of the molecule is CC1(NCC(C)(N)C2CC2)CCCCC1. The molecule has 3 N–H and O–H groups in total. The van der Waals surface area contributed by atoms with Gasteiger partial charge < -0.3 is 11.1 Å². The molecule has 1 unspecified atom stereocenters. The predicted octanol–water partition coefficient (Wildman–Crippen LogP) is 2.43. The fraction of sp³-hybridized carbons (Fsp3) is 1.00. The van der Waals surface area contributed by atoms with Crippen LogP contribution in [-0.2, 0) is 0 Å². The van der Waals surface area contributed by atoms with Gasteiger partial charge in [-0.1, -0.05) is 19.3 Å². The van der Waals surface area contributed by atoms with Crippen LogP contribution in [0.4, 0.5) is 0 Å². The Balaban J connectivity index is 1.80. The zero-order valence-electron chi connectivity index (χ0n) is 10.3. The second kappa shape index (κ2) is 4.06. The molecule has 88 valence electrons. The molecule has 2 aliphatic rings. The summed E-state index contributed by atoms with van der Waals surface area (Å²) < 4.78 is 0. The number of hydrogen-bond acceptors (Lipinski definition) is 2. The Morgan fingerprint density at radius 1 is 1.27 bits per heavy atom. The van der Waals surface area contributed by atoms with Crippen molar-refractivity contribution in [3.05, 3.63) is 0 Å². The molecule has 0 spiro atoms. The molecular weight excluding hydrogens is 184 g/mol. The van der Waals surface area contributed by atoms with Crippen molar-refractivity contribution in [3.8, 4) is 0 Å². The molecule has 0 saturated heterocycles. The van der Waals surface area contributed by atoms with Crippen LogP contribution in [-0.4, -0.2) is 17.6 Å². The van der Waals surface area contributed by atoms with E-state index in [0.717, 1.165) is 12.5 Å². The second-order valence-corrected chi connectivity index (χ2v) is 6.25. The first kappa shape index (κ1) is 11.4. The lowest BCUT2D eigenvalue weighted by Crippen LogP contribution is -2.55. The first-order valence-electron chi connectivity index (χ1n) is 6.56. The quantitative estimate of drug-likeness (QED) is 0.748. The normalized spacial score (nSPS) is 29.8. The van der Waals surface area contributed by atoms with E-state index in [1.54, 1.807) is 0 Å². The van der Waals surface area contributed by atoms with Gasteiger partial charge in [-0.15, -0.1) is 0 Å². The Bertz CT molecular complexity index is 213. The minimum absolute atomic E-state index is 0.0282. The van der Waals surface area contributed by atoms with Gasteiger partial charge in [0.2, 0.25) is 0 Å². The Labute approximate surface area is 94.0 Å². The Morgan fingerprint density at radius 3 is 2.40 bits per heavy atom. The summed E-state index contributed by atoms with van der Waals surface area (Å²) in [6, 6.07) is 0. The van der Waals surface area contributed by atoms with Crippen molar-refractivity contribution in [1.82, 2.24) is 5.32 Å². The highest BCUT2D eigenvalue weighted by molar-refractivity contribution is 4.99. The molecule has 2 nitrogen and oxygen atoms in total. The van der Waals surface area contributed by atoms with Crippen molar-refractivity contribution < 1.29 is 0 Å². The lowest BCUT2D eigenvalue weighted by atomic mass is 9.82. The maximum absolute atomic E-state index is 6.34. The highest BCUT2D eigenvalue weighted by atomic mass is 15.0. The summed E-state index contributed by atoms with van der Waals surface area (Å²) in [5, 5.41) is 3.73. The fourth-order valence-corrected chi connectivity index (χ4v) is 2.80. The van der Waals surface area contributed by atoms with Crippen molar-refractivity contribution in [2.75, 3.05) is 6.54 Å². The molecule has 0 aromatic rings. The third-order valence-corrected chi connectivity index (χ3v) is 4.36. The summed E-state index contributed by atoms with van der Waals surface area (Å²) >= 11 is 0. The first-order chi connectivity index (χ1) is 7.02. The highest BCUT2D eigenvalue weighted by Gasteiger charge is 2.39. The summed E-state index contributed by atoms with van der Waals surface area (Å²) in [6.07, 6.45) is 9.51. The van der Waals surface area contributed by atoms with E-state index in [-0.39, 0.29) is 5.54 Å². The molecule has 0 bridgehead atoms. The molecule has 2 fully saturated rings. The van der Waals surface area contributed by atoms with Gasteiger partial charge in [-0.25, -0.2) is 0 Å². The second-order valence-electron chi connectivity index (χ2n) is 6.25. The Morgan fingerprint density at radius 2 is 1.87 bits per heavy atom. The van der Waals surface area contributed by atoms with E-state index in [9.17, 15) is 0 Å². The van der Waals surface area contributed by atoms with Gasteiger partial charge in [0, 0.05) is 17.6 Å². The van der Waals surface area contributed by atoms with E-state index >= 15 is 0 Å². The van der Waals surface area contributed by atoms with Gasteiger partial charge in [0.15, 0.2) is 0 Å². The van der Waals surface area contributed by atoms with Crippen LogP contribution < -0.4 is 11.1 Å². The van der Waals surface area contributed by atoms with Crippen LogP contribution in [0, 0.1) is 5.92 Å². The molecule has 2 aliphatic carbocycles. The van der Waals surface area contributed by atoms with Gasteiger partial charge in [-0.2, -0.15) is 0 Å². The van der Waals surface area contributed by atoms with Gasteiger partial charge in [0.1, 0.15) is 0 Å². The van der Waals surface area contributed by atoms with Crippen molar-refractivity contribution >= 4 is 0 Å². The van der Waals surface area contributed by atoms with Crippen molar-refractivity contribution in [2.45, 2.75) is 69.9 Å². The van der Waals surface area contributed by atoms with E-state index in [2.05, 4.69) is 19.2 Å². The fourth-order valence-electron chi connectivity index (χ4n) is 2.80. The lowest BCUT2D eigenvalue weighted by molar-refractivity contribution is 0.227. The van der Waals surface area contributed by atoms with Crippen LogP contribution in [0.5, 0.6) is 0 Å². The zero-order valence-corrected chi connectivity index (χ0v) is 10.3. The van der Waals surface area contributed by atoms with Crippen molar-refractivity contribution in [3.63, 3.8) is 0 Å². The van der Waals surface area contributed by atoms with Crippen molar-refractivity contribution in [1.29, 1.82) is 0 Å². The highest BCUT2D eigenvalue weighted by Crippen LogP contribution is 2.38. The standard InChI is InChI=1S/C13H26N2/c1-12(8-4-3-5-9-12)15-10-13(2,14)11-6-7-11/h11,15H,3-10,14H2,1-2H3. The van der Waals surface area contributed by atoms with Crippen LogP contribution in [0.15, 0.2) is 0 Å². The minimum Gasteiger partial charge on any atom is -0.324 e. The first-order valence-corrected chi connectivity index (χ1v) is 6.56. The summed E-state index contributed by atoms with van der Waals surface area (Å²) in [6.45, 7) is 5.58. The van der Waals surface area contributed by atoms with E-state index < -0.39 is 0 Å². The molecule has 15 heavy (non-hydrogen) atoms. The van der Waals surface area contributed by atoms with Gasteiger partial charge in [0.05, 0.1) is 0 Å². The van der Waals surface area contributed by atoms with Gasteiger partial charge in [0.25, 0.3) is 0 Å². The number of nitrogens with one attached hydrogen (secondary N) is 1. The summed E-state index contributed by atoms with van der Waals surface area (Å²) in [7, 11) is 0. The van der Waals surface area contributed by atoms with Gasteiger partial charge >= 0.3 is 0 Å². The summed E-state index contributed by atoms with van der Waals surface area (Å²) in [4.78, 5) is 0. The third kappa shape index (κ3) is 2.94. The summed E-state index contributed by atoms with van der Waals surface area (Å²) in [5.41, 5.74) is 6.73. The van der Waals surface area contributed by atoms with Crippen LogP contribution >= 0.6 is 0 Å². The van der Waals surface area contributed by atoms with Gasteiger partial charge in [-0.3, -0.25) is 0 Å². The van der Waals surface area contributed by atoms with Crippen LogP contribution in [0.1, 0.15) is 58.8 Å². The average molecular weight is 210 g/mol. The van der Waals surface area contributed by atoms with Crippen LogP contribution in [0.3, 0.4) is 0 Å².